The van der Waals surface area contributed by atoms with Crippen LogP contribution in [0.2, 0.25) is 0 Å². The van der Waals surface area contributed by atoms with E-state index in [1.807, 2.05) is 5.32 Å². The van der Waals surface area contributed by atoms with Gasteiger partial charge in [-0.25, -0.2) is 4.79 Å². The Kier molecular flexibility index (Phi) is 11.7. The predicted molar refractivity (Wildman–Crippen MR) is 104 cm³/mol. The number of hydrogen-bond donors (Lipinski definition) is 8. The van der Waals surface area contributed by atoms with Crippen LogP contribution >= 0.6 is 0 Å². The normalized spacial score (nSPS) is 14.6. The second kappa shape index (κ2) is 13.1. The molecule has 31 heavy (non-hydrogen) atoms. The van der Waals surface area contributed by atoms with Gasteiger partial charge >= 0.3 is 11.9 Å². The van der Waals surface area contributed by atoms with Crippen molar-refractivity contribution in [1.82, 2.24) is 16.0 Å². The fraction of sp³-hybridized carbons (Fsp3) is 0.647. The Balaban J connectivity index is 5.33. The molecule has 10 N–H and O–H groups in total. The van der Waals surface area contributed by atoms with Gasteiger partial charge in [0.15, 0.2) is 0 Å². The number of rotatable bonds is 14. The summed E-state index contributed by atoms with van der Waals surface area (Å²) in [6.45, 7) is 2.21. The number of carboxylic acids is 2. The largest absolute Gasteiger partial charge is 0.481 e. The first-order valence-electron chi connectivity index (χ1n) is 9.30. The third-order valence-electron chi connectivity index (χ3n) is 4.09. The third-order valence-corrected chi connectivity index (χ3v) is 4.09. The second-order valence-electron chi connectivity index (χ2n) is 7.08. The molecule has 0 aromatic carbocycles. The van der Waals surface area contributed by atoms with Crippen LogP contribution in [-0.2, 0) is 28.8 Å². The third kappa shape index (κ3) is 10.4. The summed E-state index contributed by atoms with van der Waals surface area (Å²) >= 11 is 0. The quantitative estimate of drug-likeness (QED) is 0.129. The molecule has 4 unspecified atom stereocenters. The summed E-state index contributed by atoms with van der Waals surface area (Å²) in [5, 5.41) is 33.1. The lowest BCUT2D eigenvalue weighted by atomic mass is 10.0. The fourth-order valence-electron chi connectivity index (χ4n) is 2.34. The summed E-state index contributed by atoms with van der Waals surface area (Å²) in [6, 6.07) is -5.65. The molecular weight excluding hydrogens is 418 g/mol. The molecule has 0 aliphatic carbocycles. The van der Waals surface area contributed by atoms with Crippen molar-refractivity contribution in [1.29, 1.82) is 0 Å². The minimum Gasteiger partial charge on any atom is -0.481 e. The van der Waals surface area contributed by atoms with Gasteiger partial charge in [0.25, 0.3) is 0 Å². The van der Waals surface area contributed by atoms with E-state index in [9.17, 15) is 28.8 Å². The molecule has 0 rings (SSSR count). The fourth-order valence-corrected chi connectivity index (χ4v) is 2.34. The van der Waals surface area contributed by atoms with Gasteiger partial charge in [0, 0.05) is 6.42 Å². The zero-order valence-corrected chi connectivity index (χ0v) is 17.2. The van der Waals surface area contributed by atoms with Crippen molar-refractivity contribution in [3.05, 3.63) is 0 Å². The number of aliphatic hydroxyl groups excluding tert-OH is 1. The molecule has 4 atom stereocenters. The van der Waals surface area contributed by atoms with Crippen molar-refractivity contribution in [3.8, 4) is 0 Å². The Bertz CT molecular complexity index is 697. The van der Waals surface area contributed by atoms with Crippen LogP contribution in [0.1, 0.15) is 33.1 Å². The Hall–Kier alpha value is -3.26. The Labute approximate surface area is 177 Å². The number of carbonyl (C=O) groups excluding carboxylic acids is 4. The number of nitrogens with two attached hydrogens (primary N) is 2. The molecule has 0 aliphatic heterocycles. The van der Waals surface area contributed by atoms with Crippen LogP contribution in [-0.4, -0.2) is 81.7 Å². The van der Waals surface area contributed by atoms with Crippen LogP contribution in [0.3, 0.4) is 0 Å². The van der Waals surface area contributed by atoms with E-state index < -0.39 is 78.7 Å². The van der Waals surface area contributed by atoms with E-state index in [0.29, 0.717) is 0 Å². The molecule has 0 saturated carbocycles. The van der Waals surface area contributed by atoms with Crippen molar-refractivity contribution in [2.45, 2.75) is 57.3 Å². The lowest BCUT2D eigenvalue weighted by Crippen LogP contribution is -2.59. The van der Waals surface area contributed by atoms with Gasteiger partial charge in [-0.3, -0.25) is 24.0 Å². The summed E-state index contributed by atoms with van der Waals surface area (Å²) < 4.78 is 0. The van der Waals surface area contributed by atoms with E-state index in [2.05, 4.69) is 10.6 Å². The first-order chi connectivity index (χ1) is 14.3. The number of primary amides is 1. The first kappa shape index (κ1) is 27.7. The summed E-state index contributed by atoms with van der Waals surface area (Å²) in [7, 11) is 0. The van der Waals surface area contributed by atoms with E-state index in [1.54, 1.807) is 13.8 Å². The average Bonchev–Trinajstić information content (AvgIpc) is 2.66. The average molecular weight is 447 g/mol. The van der Waals surface area contributed by atoms with Crippen molar-refractivity contribution in [3.63, 3.8) is 0 Å². The standard InChI is InChI=1S/C17H29N5O9/c1-7(2)13(22-14(27)8(18)3-4-12(25)26)16(29)20-9(5-11(19)24)15(28)21-10(6-23)17(30)31/h7-10,13,23H,3-6,18H2,1-2H3,(H2,19,24)(H,20,29)(H,21,28)(H,22,27)(H,25,26)(H,30,31). The van der Waals surface area contributed by atoms with E-state index in [1.165, 1.54) is 0 Å². The van der Waals surface area contributed by atoms with Gasteiger partial charge < -0.3 is 42.7 Å². The number of aliphatic carboxylic acids is 2. The van der Waals surface area contributed by atoms with Crippen molar-refractivity contribution < 1.29 is 44.1 Å². The highest BCUT2D eigenvalue weighted by molar-refractivity contribution is 5.96. The zero-order chi connectivity index (χ0) is 24.3. The maximum Gasteiger partial charge on any atom is 0.328 e. The highest BCUT2D eigenvalue weighted by atomic mass is 16.4. The summed E-state index contributed by atoms with van der Waals surface area (Å²) in [5.74, 6) is -6.93. The molecule has 0 radical (unpaired) electrons. The Morgan fingerprint density at radius 1 is 0.871 bits per heavy atom. The molecule has 0 heterocycles. The molecule has 4 amide bonds. The van der Waals surface area contributed by atoms with E-state index in [0.717, 1.165) is 0 Å². The van der Waals surface area contributed by atoms with Crippen molar-refractivity contribution >= 4 is 35.6 Å². The van der Waals surface area contributed by atoms with Gasteiger partial charge in [-0.1, -0.05) is 13.8 Å². The van der Waals surface area contributed by atoms with E-state index in [4.69, 9.17) is 26.8 Å². The SMILES string of the molecule is CC(C)C(NC(=O)C(N)CCC(=O)O)C(=O)NC(CC(N)=O)C(=O)NC(CO)C(=O)O. The molecule has 14 heteroatoms. The van der Waals surface area contributed by atoms with Crippen LogP contribution in [0.4, 0.5) is 0 Å². The molecule has 14 nitrogen and oxygen atoms in total. The Morgan fingerprint density at radius 2 is 1.42 bits per heavy atom. The smallest absolute Gasteiger partial charge is 0.328 e. The molecule has 0 bridgehead atoms. The van der Waals surface area contributed by atoms with Gasteiger partial charge in [-0.05, 0) is 12.3 Å². The number of hydrogen-bond acceptors (Lipinski definition) is 8. The number of amides is 4. The summed E-state index contributed by atoms with van der Waals surface area (Å²) in [5.41, 5.74) is 10.7. The predicted octanol–water partition coefficient (Wildman–Crippen LogP) is -3.76. The van der Waals surface area contributed by atoms with Crippen LogP contribution in [0.5, 0.6) is 0 Å². The lowest BCUT2D eigenvalue weighted by Gasteiger charge is -2.26. The first-order valence-corrected chi connectivity index (χ1v) is 9.30. The minimum absolute atomic E-state index is 0.169. The molecular formula is C17H29N5O9. The van der Waals surface area contributed by atoms with E-state index >= 15 is 0 Å². The van der Waals surface area contributed by atoms with Gasteiger partial charge in [-0.2, -0.15) is 0 Å². The highest BCUT2D eigenvalue weighted by Gasteiger charge is 2.32. The maximum atomic E-state index is 12.6. The van der Waals surface area contributed by atoms with Crippen LogP contribution in [0, 0.1) is 5.92 Å². The monoisotopic (exact) mass is 447 g/mol. The number of aliphatic hydroxyl groups is 1. The molecule has 0 spiro atoms. The number of nitrogens with one attached hydrogen (secondary N) is 3. The van der Waals surface area contributed by atoms with Crippen LogP contribution < -0.4 is 27.4 Å². The van der Waals surface area contributed by atoms with Gasteiger partial charge in [0.2, 0.25) is 23.6 Å². The molecule has 0 fully saturated rings. The lowest BCUT2D eigenvalue weighted by molar-refractivity contribution is -0.143. The van der Waals surface area contributed by atoms with Crippen LogP contribution in [0.25, 0.3) is 0 Å². The van der Waals surface area contributed by atoms with Crippen molar-refractivity contribution in [2.24, 2.45) is 17.4 Å². The second-order valence-corrected chi connectivity index (χ2v) is 7.08. The van der Waals surface area contributed by atoms with Gasteiger partial charge in [0.05, 0.1) is 19.1 Å². The van der Waals surface area contributed by atoms with Crippen molar-refractivity contribution in [2.75, 3.05) is 6.61 Å². The molecule has 0 aromatic heterocycles. The van der Waals surface area contributed by atoms with E-state index in [-0.39, 0.29) is 12.8 Å². The summed E-state index contributed by atoms with van der Waals surface area (Å²) in [6.07, 6.45) is -1.20. The molecule has 0 saturated heterocycles. The zero-order valence-electron chi connectivity index (χ0n) is 17.2. The maximum absolute atomic E-state index is 12.6. The molecule has 176 valence electrons. The minimum atomic E-state index is -1.67. The number of carboxylic acid groups (broad SMARTS) is 2. The summed E-state index contributed by atoms with van der Waals surface area (Å²) in [4.78, 5) is 69.9. The number of carbonyl (C=O) groups is 6. The molecule has 0 aliphatic rings. The Morgan fingerprint density at radius 3 is 1.84 bits per heavy atom. The topological polar surface area (TPSA) is 251 Å². The van der Waals surface area contributed by atoms with Gasteiger partial charge in [-0.15, -0.1) is 0 Å². The highest BCUT2D eigenvalue weighted by Crippen LogP contribution is 2.06. The molecule has 0 aromatic rings. The van der Waals surface area contributed by atoms with Gasteiger partial charge in [0.1, 0.15) is 18.1 Å². The van der Waals surface area contributed by atoms with Crippen LogP contribution in [0.15, 0.2) is 0 Å².